The molecule has 0 saturated heterocycles. The summed E-state index contributed by atoms with van der Waals surface area (Å²) in [6, 6.07) is 8.25. The van der Waals surface area contributed by atoms with Crippen molar-refractivity contribution in [3.8, 4) is 5.69 Å². The van der Waals surface area contributed by atoms with Gasteiger partial charge in [0.25, 0.3) is 0 Å². The molecule has 0 aliphatic heterocycles. The molecule has 16 heavy (non-hydrogen) atoms. The Bertz CT molecular complexity index is 537. The van der Waals surface area contributed by atoms with Gasteiger partial charge in [-0.25, -0.2) is 0 Å². The third-order valence-electron chi connectivity index (χ3n) is 2.22. The van der Waals surface area contributed by atoms with E-state index in [1.165, 1.54) is 5.56 Å². The van der Waals surface area contributed by atoms with Crippen LogP contribution in [0.3, 0.4) is 0 Å². The smallest absolute Gasteiger partial charge is 0.181 e. The number of nitrogens with zero attached hydrogens (tertiary/aromatic N) is 1. The first-order valence-corrected chi connectivity index (χ1v) is 6.43. The maximum Gasteiger partial charge on any atom is 0.181 e. The molecule has 1 aromatic carbocycles. The second kappa shape index (κ2) is 5.27. The zero-order valence-corrected chi connectivity index (χ0v) is 11.0. The lowest BCUT2D eigenvalue weighted by Crippen LogP contribution is -1.91. The van der Waals surface area contributed by atoms with Crippen LogP contribution in [0.1, 0.15) is 5.56 Å². The van der Waals surface area contributed by atoms with Gasteiger partial charge in [0.1, 0.15) is 0 Å². The van der Waals surface area contributed by atoms with Crippen molar-refractivity contribution in [3.63, 3.8) is 0 Å². The molecule has 2 rings (SSSR count). The maximum atomic E-state index is 5.16. The van der Waals surface area contributed by atoms with Gasteiger partial charge in [-0.2, -0.15) is 0 Å². The van der Waals surface area contributed by atoms with Gasteiger partial charge in [0.15, 0.2) is 4.77 Å². The lowest BCUT2D eigenvalue weighted by Gasteiger charge is -2.02. The predicted octanol–water partition coefficient (Wildman–Crippen LogP) is 3.94. The van der Waals surface area contributed by atoms with Crippen LogP contribution in [0.25, 0.3) is 11.8 Å². The van der Waals surface area contributed by atoms with Gasteiger partial charge in [0, 0.05) is 23.4 Å². The molecule has 0 atom stereocenters. The summed E-state index contributed by atoms with van der Waals surface area (Å²) in [5, 5.41) is 0.873. The van der Waals surface area contributed by atoms with Crippen LogP contribution < -0.4 is 0 Å². The summed E-state index contributed by atoms with van der Waals surface area (Å²) in [6.07, 6.45) is 7.90. The lowest BCUT2D eigenvalue weighted by atomic mass is 10.2. The van der Waals surface area contributed by atoms with Gasteiger partial charge in [-0.05, 0) is 29.9 Å². The number of H-pyrrole nitrogens is 1. The largest absolute Gasteiger partial charge is 0.337 e. The highest BCUT2D eigenvalue weighted by molar-refractivity contribution is 9.09. The van der Waals surface area contributed by atoms with E-state index in [1.54, 1.807) is 0 Å². The van der Waals surface area contributed by atoms with E-state index in [2.05, 4.69) is 57.3 Å². The van der Waals surface area contributed by atoms with E-state index < -0.39 is 0 Å². The monoisotopic (exact) mass is 294 g/mol. The predicted molar refractivity (Wildman–Crippen MR) is 73.8 cm³/mol. The Morgan fingerprint density at radius 3 is 2.62 bits per heavy atom. The average Bonchev–Trinajstić information content (AvgIpc) is 2.74. The summed E-state index contributed by atoms with van der Waals surface area (Å²) in [6.45, 7) is 0. The first-order chi connectivity index (χ1) is 7.81. The van der Waals surface area contributed by atoms with Crippen LogP contribution in [0.5, 0.6) is 0 Å². The van der Waals surface area contributed by atoms with E-state index in [0.29, 0.717) is 4.77 Å². The fourth-order valence-electron chi connectivity index (χ4n) is 1.45. The van der Waals surface area contributed by atoms with Gasteiger partial charge in [-0.15, -0.1) is 0 Å². The Kier molecular flexibility index (Phi) is 3.74. The second-order valence-electron chi connectivity index (χ2n) is 3.28. The molecule has 0 spiro atoms. The quantitative estimate of drug-likeness (QED) is 0.672. The molecule has 4 heteroatoms. The maximum absolute atomic E-state index is 5.16. The number of benzene rings is 1. The fourth-order valence-corrected chi connectivity index (χ4v) is 1.87. The third-order valence-corrected chi connectivity index (χ3v) is 2.91. The lowest BCUT2D eigenvalue weighted by molar-refractivity contribution is 1.03. The van der Waals surface area contributed by atoms with Crippen molar-refractivity contribution >= 4 is 34.2 Å². The molecule has 0 fully saturated rings. The van der Waals surface area contributed by atoms with E-state index in [-0.39, 0.29) is 0 Å². The molecular weight excluding hydrogens is 284 g/mol. The summed E-state index contributed by atoms with van der Waals surface area (Å²) in [7, 11) is 0. The molecule has 2 aromatic rings. The highest BCUT2D eigenvalue weighted by atomic mass is 79.9. The van der Waals surface area contributed by atoms with Crippen molar-refractivity contribution in [1.29, 1.82) is 0 Å². The van der Waals surface area contributed by atoms with Crippen molar-refractivity contribution < 1.29 is 0 Å². The number of aromatic amines is 1. The molecule has 0 aliphatic rings. The highest BCUT2D eigenvalue weighted by Gasteiger charge is 1.96. The fraction of sp³-hybridized carbons (Fsp3) is 0.0833. The minimum Gasteiger partial charge on any atom is -0.337 e. The molecule has 0 bridgehead atoms. The van der Waals surface area contributed by atoms with Crippen LogP contribution in [0.4, 0.5) is 0 Å². The SMILES string of the molecule is S=c1[nH]ccn1-c1ccc(C=CCBr)cc1. The summed E-state index contributed by atoms with van der Waals surface area (Å²) in [5.74, 6) is 0. The Morgan fingerprint density at radius 1 is 1.31 bits per heavy atom. The van der Waals surface area contributed by atoms with Crippen molar-refractivity contribution in [2.45, 2.75) is 0 Å². The van der Waals surface area contributed by atoms with Gasteiger partial charge in [0.2, 0.25) is 0 Å². The Morgan fingerprint density at radius 2 is 2.06 bits per heavy atom. The topological polar surface area (TPSA) is 20.7 Å². The zero-order valence-electron chi connectivity index (χ0n) is 8.56. The van der Waals surface area contributed by atoms with Crippen LogP contribution in [0.15, 0.2) is 42.7 Å². The molecule has 1 aromatic heterocycles. The number of allylic oxidation sites excluding steroid dienone is 1. The van der Waals surface area contributed by atoms with E-state index in [1.807, 2.05) is 17.0 Å². The molecule has 0 unspecified atom stereocenters. The van der Waals surface area contributed by atoms with Crippen LogP contribution in [0.2, 0.25) is 0 Å². The zero-order chi connectivity index (χ0) is 11.4. The van der Waals surface area contributed by atoms with Crippen LogP contribution >= 0.6 is 28.1 Å². The van der Waals surface area contributed by atoms with Crippen LogP contribution in [-0.4, -0.2) is 14.9 Å². The summed E-state index contributed by atoms with van der Waals surface area (Å²) < 4.78 is 2.65. The Balaban J connectivity index is 2.30. The first-order valence-electron chi connectivity index (χ1n) is 4.90. The van der Waals surface area contributed by atoms with E-state index in [9.17, 15) is 0 Å². The molecule has 0 saturated carbocycles. The van der Waals surface area contributed by atoms with Gasteiger partial charge in [-0.1, -0.05) is 40.2 Å². The van der Waals surface area contributed by atoms with Gasteiger partial charge < -0.3 is 4.98 Å². The van der Waals surface area contributed by atoms with Crippen LogP contribution in [-0.2, 0) is 0 Å². The third kappa shape index (κ3) is 2.51. The van der Waals surface area contributed by atoms with Crippen molar-refractivity contribution in [2.75, 3.05) is 5.33 Å². The number of aromatic nitrogens is 2. The minimum absolute atomic E-state index is 0.712. The molecular formula is C12H11BrN2S. The Labute approximate surface area is 108 Å². The highest BCUT2D eigenvalue weighted by Crippen LogP contribution is 2.11. The molecule has 0 aliphatic carbocycles. The number of hydrogen-bond acceptors (Lipinski definition) is 1. The van der Waals surface area contributed by atoms with Gasteiger partial charge in [0.05, 0.1) is 0 Å². The standard InChI is InChI=1S/C12H11BrN2S/c13-7-1-2-10-3-5-11(6-4-10)15-9-8-14-12(15)16/h1-6,8-9H,7H2,(H,14,16). The first kappa shape index (κ1) is 11.4. The molecule has 0 radical (unpaired) electrons. The van der Waals surface area contributed by atoms with Crippen molar-refractivity contribution in [3.05, 3.63) is 53.1 Å². The summed E-state index contributed by atoms with van der Waals surface area (Å²) >= 11 is 8.51. The number of alkyl halides is 1. The van der Waals surface area contributed by atoms with Crippen LogP contribution in [0, 0.1) is 4.77 Å². The molecule has 0 amide bonds. The summed E-state index contributed by atoms with van der Waals surface area (Å²) in [4.78, 5) is 2.97. The Hall–Kier alpha value is -1.13. The normalized spacial score (nSPS) is 11.1. The van der Waals surface area contributed by atoms with Crippen molar-refractivity contribution in [1.82, 2.24) is 9.55 Å². The van der Waals surface area contributed by atoms with E-state index >= 15 is 0 Å². The number of rotatable bonds is 3. The molecule has 2 nitrogen and oxygen atoms in total. The number of hydrogen-bond donors (Lipinski definition) is 1. The van der Waals surface area contributed by atoms with Gasteiger partial charge >= 0.3 is 0 Å². The molecule has 82 valence electrons. The van der Waals surface area contributed by atoms with Crippen molar-refractivity contribution in [2.24, 2.45) is 0 Å². The number of imidazole rings is 1. The summed E-state index contributed by atoms with van der Waals surface area (Å²) in [5.41, 5.74) is 2.26. The van der Waals surface area contributed by atoms with Gasteiger partial charge in [-0.3, -0.25) is 4.57 Å². The van der Waals surface area contributed by atoms with E-state index in [0.717, 1.165) is 11.0 Å². The number of nitrogens with one attached hydrogen (secondary N) is 1. The number of halogens is 1. The molecule has 1 N–H and O–H groups in total. The average molecular weight is 295 g/mol. The minimum atomic E-state index is 0.712. The molecule has 1 heterocycles. The van der Waals surface area contributed by atoms with E-state index in [4.69, 9.17) is 12.2 Å². The second-order valence-corrected chi connectivity index (χ2v) is 4.32.